The highest BCUT2D eigenvalue weighted by molar-refractivity contribution is 7.89. The van der Waals surface area contributed by atoms with E-state index in [1.54, 1.807) is 48.7 Å². The Morgan fingerprint density at radius 2 is 1.85 bits per heavy atom. The van der Waals surface area contributed by atoms with Crippen LogP contribution in [-0.2, 0) is 16.6 Å². The number of hydrogen-bond acceptors (Lipinski definition) is 7. The van der Waals surface area contributed by atoms with Crippen LogP contribution in [0, 0.1) is 5.82 Å². The maximum Gasteiger partial charge on any atom is 0.333 e. The highest BCUT2D eigenvalue weighted by Gasteiger charge is 2.36. The summed E-state index contributed by atoms with van der Waals surface area (Å²) in [6.45, 7) is 4.29. The van der Waals surface area contributed by atoms with Crippen molar-refractivity contribution in [2.24, 2.45) is 0 Å². The molecule has 39 heavy (non-hydrogen) atoms. The average molecular weight is 559 g/mol. The first-order chi connectivity index (χ1) is 18.5. The predicted molar refractivity (Wildman–Crippen MR) is 147 cm³/mol. The summed E-state index contributed by atoms with van der Waals surface area (Å²) in [5, 5.41) is 13.6. The van der Waals surface area contributed by atoms with E-state index < -0.39 is 21.4 Å². The van der Waals surface area contributed by atoms with E-state index in [9.17, 15) is 22.7 Å². The standard InChI is InChI=1S/C27H35FN6O4S/c1-27(2,36)13-16-32-18-24(34(26(32)35)22-8-4-19(28)5-9-22)23-12-14-29-25(31-23)30-20-6-10-21(11-7-20)33-15-3-17-39(33,37)38/h4-5,8-9,12,14,18,20-21,36H,3,6-7,10-11,13,15-17H2,1-2H3,(H,29,30,31). The predicted octanol–water partition coefficient (Wildman–Crippen LogP) is 3.15. The topological polar surface area (TPSA) is 122 Å². The third-order valence-corrected chi connectivity index (χ3v) is 9.50. The fraction of sp³-hybridized carbons (Fsp3) is 0.519. The molecule has 1 aliphatic carbocycles. The van der Waals surface area contributed by atoms with Gasteiger partial charge in [0, 0.05) is 37.6 Å². The maximum atomic E-state index is 13.6. The van der Waals surface area contributed by atoms with Crippen molar-refractivity contribution in [1.82, 2.24) is 23.4 Å². The van der Waals surface area contributed by atoms with E-state index in [2.05, 4.69) is 10.3 Å². The number of rotatable bonds is 8. The summed E-state index contributed by atoms with van der Waals surface area (Å²) >= 11 is 0. The molecule has 12 heteroatoms. The Labute approximate surface area is 227 Å². The fourth-order valence-corrected chi connectivity index (χ4v) is 7.20. The van der Waals surface area contributed by atoms with Crippen LogP contribution in [0.25, 0.3) is 17.1 Å². The van der Waals surface area contributed by atoms with Crippen molar-refractivity contribution in [3.8, 4) is 17.1 Å². The molecule has 1 aromatic carbocycles. The highest BCUT2D eigenvalue weighted by Crippen LogP contribution is 2.30. The van der Waals surface area contributed by atoms with Crippen LogP contribution in [0.5, 0.6) is 0 Å². The average Bonchev–Trinajstić information content (AvgIpc) is 3.42. The number of sulfonamides is 1. The zero-order valence-corrected chi connectivity index (χ0v) is 23.1. The summed E-state index contributed by atoms with van der Waals surface area (Å²) in [5.41, 5.74) is 0.288. The lowest BCUT2D eigenvalue weighted by atomic mass is 9.91. The largest absolute Gasteiger partial charge is 0.390 e. The van der Waals surface area contributed by atoms with Gasteiger partial charge in [0.15, 0.2) is 0 Å². The Bertz CT molecular complexity index is 1470. The van der Waals surface area contributed by atoms with Crippen molar-refractivity contribution in [1.29, 1.82) is 0 Å². The van der Waals surface area contributed by atoms with Gasteiger partial charge in [0.1, 0.15) is 5.82 Å². The molecule has 5 rings (SSSR count). The first-order valence-corrected chi connectivity index (χ1v) is 15.0. The van der Waals surface area contributed by atoms with Gasteiger partial charge in [-0.05, 0) is 82.7 Å². The summed E-state index contributed by atoms with van der Waals surface area (Å²) in [5.74, 6) is 0.265. The molecular weight excluding hydrogens is 523 g/mol. The van der Waals surface area contributed by atoms with Crippen molar-refractivity contribution in [2.45, 2.75) is 76.6 Å². The van der Waals surface area contributed by atoms with Crippen LogP contribution in [0.15, 0.2) is 47.5 Å². The molecule has 210 valence electrons. The Morgan fingerprint density at radius 3 is 2.49 bits per heavy atom. The minimum absolute atomic E-state index is 0.0524. The second-order valence-corrected chi connectivity index (χ2v) is 13.1. The third-order valence-electron chi connectivity index (χ3n) is 7.50. The lowest BCUT2D eigenvalue weighted by Gasteiger charge is -2.33. The van der Waals surface area contributed by atoms with Gasteiger partial charge < -0.3 is 10.4 Å². The zero-order chi connectivity index (χ0) is 27.8. The molecular formula is C27H35FN6O4S. The van der Waals surface area contributed by atoms with Crippen LogP contribution in [0.2, 0.25) is 0 Å². The normalized spacial score (nSPS) is 21.7. The van der Waals surface area contributed by atoms with E-state index in [1.807, 2.05) is 0 Å². The number of anilines is 1. The summed E-state index contributed by atoms with van der Waals surface area (Å²) < 4.78 is 42.9. The van der Waals surface area contributed by atoms with E-state index in [-0.39, 0.29) is 23.5 Å². The van der Waals surface area contributed by atoms with E-state index in [1.165, 1.54) is 21.3 Å². The van der Waals surface area contributed by atoms with Gasteiger partial charge in [0.05, 0.1) is 28.4 Å². The van der Waals surface area contributed by atoms with E-state index in [4.69, 9.17) is 4.98 Å². The van der Waals surface area contributed by atoms with Crippen LogP contribution >= 0.6 is 0 Å². The molecule has 3 heterocycles. The summed E-state index contributed by atoms with van der Waals surface area (Å²) in [7, 11) is -3.12. The molecule has 1 saturated carbocycles. The van der Waals surface area contributed by atoms with Crippen molar-refractivity contribution in [3.63, 3.8) is 0 Å². The third kappa shape index (κ3) is 6.23. The molecule has 0 atom stereocenters. The molecule has 2 aromatic heterocycles. The number of aromatic nitrogens is 4. The van der Waals surface area contributed by atoms with E-state index in [0.717, 1.165) is 25.7 Å². The van der Waals surface area contributed by atoms with Crippen LogP contribution in [-0.4, -0.2) is 66.9 Å². The number of aliphatic hydroxyl groups is 1. The van der Waals surface area contributed by atoms with Gasteiger partial charge in [-0.1, -0.05) is 0 Å². The highest BCUT2D eigenvalue weighted by atomic mass is 32.2. The Morgan fingerprint density at radius 1 is 1.13 bits per heavy atom. The van der Waals surface area contributed by atoms with Crippen molar-refractivity contribution >= 4 is 16.0 Å². The molecule has 0 bridgehead atoms. The number of hydrogen-bond donors (Lipinski definition) is 2. The zero-order valence-electron chi connectivity index (χ0n) is 22.3. The lowest BCUT2D eigenvalue weighted by Crippen LogP contribution is -2.41. The second kappa shape index (κ2) is 10.8. The summed E-state index contributed by atoms with van der Waals surface area (Å²) in [6, 6.07) is 7.57. The van der Waals surface area contributed by atoms with Crippen molar-refractivity contribution < 1.29 is 17.9 Å². The number of imidazole rings is 1. The Balaban J connectivity index is 1.37. The second-order valence-electron chi connectivity index (χ2n) is 11.1. The number of benzene rings is 1. The number of nitrogens with one attached hydrogen (secondary N) is 1. The molecule has 0 radical (unpaired) electrons. The smallest absolute Gasteiger partial charge is 0.333 e. The van der Waals surface area contributed by atoms with Gasteiger partial charge in [0.2, 0.25) is 16.0 Å². The van der Waals surface area contributed by atoms with Crippen LogP contribution < -0.4 is 11.0 Å². The van der Waals surface area contributed by atoms with Crippen molar-refractivity contribution in [3.05, 3.63) is 59.0 Å². The van der Waals surface area contributed by atoms with E-state index >= 15 is 0 Å². The number of nitrogens with zero attached hydrogens (tertiary/aromatic N) is 5. The molecule has 0 amide bonds. The van der Waals surface area contributed by atoms with Gasteiger partial charge in [-0.3, -0.25) is 9.13 Å². The monoisotopic (exact) mass is 558 g/mol. The molecule has 10 nitrogen and oxygen atoms in total. The van der Waals surface area contributed by atoms with Crippen LogP contribution in [0.1, 0.15) is 52.4 Å². The number of halogens is 1. The van der Waals surface area contributed by atoms with Gasteiger partial charge in [-0.2, -0.15) is 4.31 Å². The molecule has 0 unspecified atom stereocenters. The van der Waals surface area contributed by atoms with Gasteiger partial charge in [0.25, 0.3) is 0 Å². The van der Waals surface area contributed by atoms with Crippen molar-refractivity contribution in [2.75, 3.05) is 17.6 Å². The quantitative estimate of drug-likeness (QED) is 0.436. The summed E-state index contributed by atoms with van der Waals surface area (Å²) in [4.78, 5) is 22.5. The molecule has 3 aromatic rings. The first-order valence-electron chi connectivity index (χ1n) is 13.4. The Hall–Kier alpha value is -3.09. The summed E-state index contributed by atoms with van der Waals surface area (Å²) in [6.07, 6.45) is 7.57. The molecule has 1 aliphatic heterocycles. The van der Waals surface area contributed by atoms with E-state index in [0.29, 0.717) is 49.0 Å². The van der Waals surface area contributed by atoms with Gasteiger partial charge in [-0.15, -0.1) is 0 Å². The molecule has 2 fully saturated rings. The lowest BCUT2D eigenvalue weighted by molar-refractivity contribution is 0.0659. The minimum Gasteiger partial charge on any atom is -0.390 e. The van der Waals surface area contributed by atoms with Gasteiger partial charge in [-0.25, -0.2) is 27.6 Å². The fourth-order valence-electron chi connectivity index (χ4n) is 5.40. The molecule has 2 N–H and O–H groups in total. The van der Waals surface area contributed by atoms with Crippen LogP contribution in [0.4, 0.5) is 10.3 Å². The SMILES string of the molecule is CC(C)(O)CCn1cc(-c2ccnc(NC3CCC(N4CCCS4(=O)=O)CC3)n2)n(-c2ccc(F)cc2)c1=O. The molecule has 2 aliphatic rings. The molecule has 0 spiro atoms. The van der Waals surface area contributed by atoms with Crippen LogP contribution in [0.3, 0.4) is 0 Å². The molecule has 1 saturated heterocycles. The Kier molecular flexibility index (Phi) is 7.62. The maximum absolute atomic E-state index is 13.6. The van der Waals surface area contributed by atoms with Gasteiger partial charge >= 0.3 is 5.69 Å². The number of aryl methyl sites for hydroxylation is 1. The first kappa shape index (κ1) is 27.5. The minimum atomic E-state index is -3.12.